The van der Waals surface area contributed by atoms with Gasteiger partial charge in [0.05, 0.1) is 5.56 Å². The summed E-state index contributed by atoms with van der Waals surface area (Å²) in [4.78, 5) is 21.8. The second-order valence-corrected chi connectivity index (χ2v) is 3.85. The van der Waals surface area contributed by atoms with Crippen molar-refractivity contribution in [1.29, 1.82) is 0 Å². The Kier molecular flexibility index (Phi) is 8.35. The molecule has 0 aliphatic carbocycles. The summed E-state index contributed by atoms with van der Waals surface area (Å²) in [6.07, 6.45) is 0.336. The van der Waals surface area contributed by atoms with Crippen molar-refractivity contribution < 1.29 is 22.7 Å². The molecule has 0 radical (unpaired) electrons. The number of hydrogen-bond donors (Lipinski definition) is 3. The van der Waals surface area contributed by atoms with Gasteiger partial charge < -0.3 is 18.4 Å². The van der Waals surface area contributed by atoms with Crippen molar-refractivity contribution >= 4 is 61.2 Å². The second kappa shape index (κ2) is 8.58. The average molecular weight is 300 g/mol. The van der Waals surface area contributed by atoms with Gasteiger partial charge in [-0.05, 0) is 24.6 Å². The molecule has 0 spiro atoms. The van der Waals surface area contributed by atoms with Crippen LogP contribution < -0.4 is 5.32 Å². The van der Waals surface area contributed by atoms with Gasteiger partial charge >= 0.3 is 43.7 Å². The van der Waals surface area contributed by atoms with Crippen LogP contribution in [0.4, 0.5) is 0 Å². The van der Waals surface area contributed by atoms with E-state index in [9.17, 15) is 14.7 Å². The molecule has 0 aliphatic heterocycles. The Bertz CT molecular complexity index is 448. The predicted octanol–water partition coefficient (Wildman–Crippen LogP) is 1.48. The zero-order chi connectivity index (χ0) is 12.8. The van der Waals surface area contributed by atoms with Crippen LogP contribution in [0.1, 0.15) is 26.1 Å². The number of hydrogen-bond acceptors (Lipinski definition) is 3. The summed E-state index contributed by atoms with van der Waals surface area (Å²) in [6.45, 7) is 0.243. The third-order valence-electron chi connectivity index (χ3n) is 2.06. The molecule has 1 rings (SSSR count). The molecule has 0 saturated heterocycles. The van der Waals surface area contributed by atoms with Gasteiger partial charge in [-0.15, -0.1) is 0 Å². The molecule has 0 fully saturated rings. The Labute approximate surface area is 142 Å². The van der Waals surface area contributed by atoms with Crippen molar-refractivity contribution in [3.63, 3.8) is 0 Å². The van der Waals surface area contributed by atoms with Gasteiger partial charge in [0.2, 0.25) is 0 Å². The third-order valence-corrected chi connectivity index (χ3v) is 2.29. The average Bonchev–Trinajstić information content (AvgIpc) is 2.23. The Morgan fingerprint density at radius 1 is 1.39 bits per heavy atom. The molecule has 0 saturated carbocycles. The first-order chi connectivity index (χ1) is 8.00. The number of amides is 1. The molecule has 96 valence electrons. The summed E-state index contributed by atoms with van der Waals surface area (Å²) >= 11 is 5.63. The van der Waals surface area contributed by atoms with Crippen LogP contribution >= 0.6 is 11.6 Å². The fourth-order valence-corrected chi connectivity index (χ4v) is 1.40. The van der Waals surface area contributed by atoms with Crippen molar-refractivity contribution in [1.82, 2.24) is 5.32 Å². The van der Waals surface area contributed by atoms with E-state index >= 15 is 0 Å². The molecule has 0 aromatic heterocycles. The molecule has 3 N–H and O–H groups in total. The summed E-state index contributed by atoms with van der Waals surface area (Å²) in [7, 11) is 0. The summed E-state index contributed by atoms with van der Waals surface area (Å²) < 4.78 is 0. The maximum atomic E-state index is 11.6. The summed E-state index contributed by atoms with van der Waals surface area (Å²) in [5.74, 6) is -1.56. The van der Waals surface area contributed by atoms with E-state index in [0.717, 1.165) is 0 Å². The maximum absolute atomic E-state index is 11.6. The van der Waals surface area contributed by atoms with Crippen LogP contribution in [-0.4, -0.2) is 66.4 Å². The number of carbonyl (C=O) groups is 2. The first-order valence-corrected chi connectivity index (χ1v) is 5.37. The van der Waals surface area contributed by atoms with Crippen molar-refractivity contribution in [3.8, 4) is 5.75 Å². The van der Waals surface area contributed by atoms with E-state index < -0.39 is 11.9 Å². The molecule has 5 nitrogen and oxygen atoms in total. The SMILES string of the molecule is O=C(O)CCCNC(=O)c1ccc(Cl)cc1O.[Ca+2].[H-].[H-]. The van der Waals surface area contributed by atoms with E-state index in [2.05, 4.69) is 5.32 Å². The van der Waals surface area contributed by atoms with E-state index in [4.69, 9.17) is 16.7 Å². The largest absolute Gasteiger partial charge is 2.00 e. The number of aliphatic carboxylic acids is 1. The Balaban J connectivity index is -0.000000963. The van der Waals surface area contributed by atoms with Crippen LogP contribution in [0.3, 0.4) is 0 Å². The van der Waals surface area contributed by atoms with Crippen LogP contribution in [0.15, 0.2) is 18.2 Å². The van der Waals surface area contributed by atoms with Gasteiger partial charge in [0.1, 0.15) is 5.75 Å². The second-order valence-electron chi connectivity index (χ2n) is 3.41. The number of rotatable bonds is 5. The molecular formula is C11H14CaClNO4. The van der Waals surface area contributed by atoms with Gasteiger partial charge in [-0.25, -0.2) is 0 Å². The van der Waals surface area contributed by atoms with E-state index in [-0.39, 0.29) is 64.9 Å². The number of carbonyl (C=O) groups excluding carboxylic acids is 1. The van der Waals surface area contributed by atoms with Crippen molar-refractivity contribution in [2.24, 2.45) is 0 Å². The van der Waals surface area contributed by atoms with Crippen LogP contribution in [0, 0.1) is 0 Å². The van der Waals surface area contributed by atoms with Crippen molar-refractivity contribution in [2.75, 3.05) is 6.54 Å². The fraction of sp³-hybridized carbons (Fsp3) is 0.273. The zero-order valence-corrected chi connectivity index (χ0v) is 12.6. The number of nitrogens with one attached hydrogen (secondary N) is 1. The van der Waals surface area contributed by atoms with Crippen LogP contribution in [0.5, 0.6) is 5.75 Å². The Morgan fingerprint density at radius 2 is 2.06 bits per heavy atom. The minimum atomic E-state index is -0.909. The predicted molar refractivity (Wildman–Crippen MR) is 70.3 cm³/mol. The molecule has 1 aromatic carbocycles. The number of aromatic hydroxyl groups is 1. The van der Waals surface area contributed by atoms with Gasteiger partial charge in [0.25, 0.3) is 5.91 Å². The normalized spacial score (nSPS) is 9.39. The quantitative estimate of drug-likeness (QED) is 0.568. The van der Waals surface area contributed by atoms with E-state index in [1.54, 1.807) is 0 Å². The Morgan fingerprint density at radius 3 is 2.61 bits per heavy atom. The summed E-state index contributed by atoms with van der Waals surface area (Å²) in [6, 6.07) is 4.17. The molecule has 0 heterocycles. The first-order valence-electron chi connectivity index (χ1n) is 4.99. The zero-order valence-electron chi connectivity index (χ0n) is 11.6. The van der Waals surface area contributed by atoms with Gasteiger partial charge in [0.15, 0.2) is 0 Å². The van der Waals surface area contributed by atoms with Crippen molar-refractivity contribution in [3.05, 3.63) is 28.8 Å². The van der Waals surface area contributed by atoms with E-state index in [0.29, 0.717) is 11.4 Å². The standard InChI is InChI=1S/C11H12ClNO4.Ca.2H/c12-7-3-4-8(9(14)6-7)11(17)13-5-1-2-10(15)16;;;/h3-4,6,14H,1-2,5H2,(H,13,17)(H,15,16);;;/q;+2;2*-1. The smallest absolute Gasteiger partial charge is 1.00 e. The summed E-state index contributed by atoms with van der Waals surface area (Å²) in [5.41, 5.74) is 0.115. The Hall–Kier alpha value is -0.490. The number of carboxylic acid groups (broad SMARTS) is 1. The molecule has 18 heavy (non-hydrogen) atoms. The number of carboxylic acids is 1. The first kappa shape index (κ1) is 17.5. The summed E-state index contributed by atoms with van der Waals surface area (Å²) in [5, 5.41) is 20.7. The van der Waals surface area contributed by atoms with Gasteiger partial charge in [-0.2, -0.15) is 0 Å². The van der Waals surface area contributed by atoms with Gasteiger partial charge in [-0.3, -0.25) is 9.59 Å². The van der Waals surface area contributed by atoms with Gasteiger partial charge in [-0.1, -0.05) is 11.6 Å². The molecule has 0 atom stereocenters. The molecule has 0 unspecified atom stereocenters. The molecule has 0 bridgehead atoms. The van der Waals surface area contributed by atoms with Crippen LogP contribution in [0.25, 0.3) is 0 Å². The molecular weight excluding hydrogens is 286 g/mol. The van der Waals surface area contributed by atoms with E-state index in [1.807, 2.05) is 0 Å². The van der Waals surface area contributed by atoms with Crippen molar-refractivity contribution in [2.45, 2.75) is 12.8 Å². The number of benzene rings is 1. The molecule has 1 amide bonds. The molecule has 1 aromatic rings. The minimum absolute atomic E-state index is 0. The monoisotopic (exact) mass is 299 g/mol. The minimum Gasteiger partial charge on any atom is -1.00 e. The van der Waals surface area contributed by atoms with Crippen LogP contribution in [0.2, 0.25) is 5.02 Å². The molecule has 7 heteroatoms. The van der Waals surface area contributed by atoms with Gasteiger partial charge in [0, 0.05) is 18.0 Å². The topological polar surface area (TPSA) is 86.6 Å². The van der Waals surface area contributed by atoms with Crippen LogP contribution in [-0.2, 0) is 4.79 Å². The number of halogens is 1. The maximum Gasteiger partial charge on any atom is 2.00 e. The third kappa shape index (κ3) is 5.91. The molecule has 0 aliphatic rings. The number of phenols is 1. The fourth-order valence-electron chi connectivity index (χ4n) is 1.23. The van der Waals surface area contributed by atoms with E-state index in [1.165, 1.54) is 18.2 Å². The number of phenolic OH excluding ortho intramolecular Hbond substituents is 1.